The highest BCUT2D eigenvalue weighted by molar-refractivity contribution is 7.90. The molecule has 2 aromatic rings. The lowest BCUT2D eigenvalue weighted by molar-refractivity contribution is 0.0702. The molecule has 0 spiro atoms. The van der Waals surface area contributed by atoms with Crippen molar-refractivity contribution >= 4 is 27.5 Å². The number of nitrogens with one attached hydrogen (secondary N) is 1. The number of likely N-dealkylation sites (tertiary alicyclic amines) is 1. The van der Waals surface area contributed by atoms with Gasteiger partial charge in [-0.3, -0.25) is 9.78 Å². The van der Waals surface area contributed by atoms with Crippen LogP contribution in [0.15, 0.2) is 52.0 Å². The zero-order valence-electron chi connectivity index (χ0n) is 14.9. The minimum atomic E-state index is -3.72. The maximum atomic E-state index is 12.9. The van der Waals surface area contributed by atoms with E-state index in [-0.39, 0.29) is 16.7 Å². The van der Waals surface area contributed by atoms with Gasteiger partial charge in [-0.2, -0.15) is 8.42 Å². The molecular weight excluding hydrogens is 364 g/mol. The summed E-state index contributed by atoms with van der Waals surface area (Å²) in [5.41, 5.74) is 1.99. The number of amidine groups is 1. The maximum absolute atomic E-state index is 12.9. The largest absolute Gasteiger partial charge is 0.342 e. The Kier molecular flexibility index (Phi) is 4.43. The molecule has 140 valence electrons. The van der Waals surface area contributed by atoms with Crippen LogP contribution in [0.4, 0.5) is 5.69 Å². The van der Waals surface area contributed by atoms with E-state index in [4.69, 9.17) is 0 Å². The summed E-state index contributed by atoms with van der Waals surface area (Å²) in [4.78, 5) is 18.9. The number of para-hydroxylation sites is 1. The first-order chi connectivity index (χ1) is 13.0. The average Bonchev–Trinajstić information content (AvgIpc) is 2.67. The summed E-state index contributed by atoms with van der Waals surface area (Å²) in [5.74, 6) is 0.213. The molecule has 2 aliphatic rings. The SMILES string of the molecule is Cc1cnccc1C(=O)N1CCC[C@@H](C2=NS(=O)(=O)c3ccccc3N2)C1. The minimum Gasteiger partial charge on any atom is -0.342 e. The third kappa shape index (κ3) is 3.32. The van der Waals surface area contributed by atoms with Crippen molar-refractivity contribution in [1.82, 2.24) is 9.88 Å². The number of rotatable bonds is 2. The number of carbonyl (C=O) groups excluding carboxylic acids is 1. The predicted molar refractivity (Wildman–Crippen MR) is 102 cm³/mol. The normalized spacial score (nSPS) is 21.0. The quantitative estimate of drug-likeness (QED) is 0.859. The van der Waals surface area contributed by atoms with Gasteiger partial charge in [0.05, 0.1) is 5.69 Å². The summed E-state index contributed by atoms with van der Waals surface area (Å²) < 4.78 is 29.0. The van der Waals surface area contributed by atoms with E-state index in [9.17, 15) is 13.2 Å². The van der Waals surface area contributed by atoms with Crippen molar-refractivity contribution in [2.45, 2.75) is 24.7 Å². The van der Waals surface area contributed by atoms with Crippen molar-refractivity contribution in [2.75, 3.05) is 18.4 Å². The van der Waals surface area contributed by atoms with Crippen LogP contribution >= 0.6 is 0 Å². The van der Waals surface area contributed by atoms with E-state index in [1.807, 2.05) is 6.92 Å². The van der Waals surface area contributed by atoms with Crippen LogP contribution in [-0.2, 0) is 10.0 Å². The molecule has 27 heavy (non-hydrogen) atoms. The third-order valence-corrected chi connectivity index (χ3v) is 6.34. The third-order valence-electron chi connectivity index (χ3n) is 4.99. The molecule has 8 heteroatoms. The summed E-state index contributed by atoms with van der Waals surface area (Å²) in [6.07, 6.45) is 4.86. The van der Waals surface area contributed by atoms with Crippen molar-refractivity contribution in [3.8, 4) is 0 Å². The lowest BCUT2D eigenvalue weighted by atomic mass is 9.95. The Morgan fingerprint density at radius 3 is 2.89 bits per heavy atom. The number of carbonyl (C=O) groups is 1. The molecule has 4 rings (SSSR count). The van der Waals surface area contributed by atoms with Gasteiger partial charge in [0.15, 0.2) is 0 Å². The fourth-order valence-corrected chi connectivity index (χ4v) is 4.78. The highest BCUT2D eigenvalue weighted by Gasteiger charge is 2.33. The number of fused-ring (bicyclic) bond motifs is 1. The van der Waals surface area contributed by atoms with Gasteiger partial charge in [0, 0.05) is 37.0 Å². The molecule has 1 amide bonds. The van der Waals surface area contributed by atoms with Crippen LogP contribution in [0.5, 0.6) is 0 Å². The number of pyridine rings is 1. The molecule has 0 radical (unpaired) electrons. The molecule has 0 aliphatic carbocycles. The topological polar surface area (TPSA) is 91.7 Å². The first-order valence-corrected chi connectivity index (χ1v) is 10.3. The van der Waals surface area contributed by atoms with Crippen LogP contribution in [0.3, 0.4) is 0 Å². The molecule has 1 N–H and O–H groups in total. The van der Waals surface area contributed by atoms with Crippen LogP contribution in [-0.4, -0.2) is 43.1 Å². The minimum absolute atomic E-state index is 0.0562. The number of aromatic nitrogens is 1. The second-order valence-electron chi connectivity index (χ2n) is 6.85. The Hall–Kier alpha value is -2.74. The zero-order valence-corrected chi connectivity index (χ0v) is 15.7. The van der Waals surface area contributed by atoms with Gasteiger partial charge in [0.25, 0.3) is 15.9 Å². The summed E-state index contributed by atoms with van der Waals surface area (Å²) in [6, 6.07) is 8.46. The van der Waals surface area contributed by atoms with Crippen molar-refractivity contribution in [3.63, 3.8) is 0 Å². The number of piperidine rings is 1. The standard InChI is InChI=1S/C19H20N4O3S/c1-13-11-20-9-8-15(13)19(24)23-10-4-5-14(12-23)18-21-16-6-2-3-7-17(16)27(25,26)22-18/h2-3,6-9,11,14H,4-5,10,12H2,1H3,(H,21,22)/t14-/m1/s1. The molecule has 0 bridgehead atoms. The summed E-state index contributed by atoms with van der Waals surface area (Å²) in [5, 5.41) is 3.16. The number of hydrogen-bond donors (Lipinski definition) is 1. The van der Waals surface area contributed by atoms with Crippen molar-refractivity contribution < 1.29 is 13.2 Å². The van der Waals surface area contributed by atoms with Gasteiger partial charge in [-0.25, -0.2) is 0 Å². The number of sulfonamides is 1. The van der Waals surface area contributed by atoms with Crippen LogP contribution in [0.2, 0.25) is 0 Å². The van der Waals surface area contributed by atoms with Crippen molar-refractivity contribution in [3.05, 3.63) is 53.9 Å². The molecule has 1 fully saturated rings. The monoisotopic (exact) mass is 384 g/mol. The van der Waals surface area contributed by atoms with E-state index < -0.39 is 10.0 Å². The van der Waals surface area contributed by atoms with Crippen LogP contribution in [0.25, 0.3) is 0 Å². The molecule has 0 unspecified atom stereocenters. The Balaban J connectivity index is 1.58. The number of nitrogens with zero attached hydrogens (tertiary/aromatic N) is 3. The predicted octanol–water partition coefficient (Wildman–Crippen LogP) is 2.46. The van der Waals surface area contributed by atoms with E-state index in [0.29, 0.717) is 30.2 Å². The maximum Gasteiger partial charge on any atom is 0.286 e. The van der Waals surface area contributed by atoms with Gasteiger partial charge in [-0.05, 0) is 43.5 Å². The lowest BCUT2D eigenvalue weighted by Crippen LogP contribution is -2.44. The first-order valence-electron chi connectivity index (χ1n) is 8.86. The molecule has 2 aliphatic heterocycles. The zero-order chi connectivity index (χ0) is 19.0. The van der Waals surface area contributed by atoms with Crippen LogP contribution in [0.1, 0.15) is 28.8 Å². The van der Waals surface area contributed by atoms with Crippen LogP contribution in [0, 0.1) is 12.8 Å². The van der Waals surface area contributed by atoms with E-state index in [1.54, 1.807) is 47.6 Å². The lowest BCUT2D eigenvalue weighted by Gasteiger charge is -2.34. The Bertz CT molecular complexity index is 1030. The molecule has 1 aromatic heterocycles. The van der Waals surface area contributed by atoms with Gasteiger partial charge < -0.3 is 10.2 Å². The Morgan fingerprint density at radius 1 is 1.26 bits per heavy atom. The number of benzene rings is 1. The second-order valence-corrected chi connectivity index (χ2v) is 8.43. The van der Waals surface area contributed by atoms with E-state index in [0.717, 1.165) is 18.4 Å². The molecule has 3 heterocycles. The highest BCUT2D eigenvalue weighted by atomic mass is 32.2. The summed E-state index contributed by atoms with van der Waals surface area (Å²) in [6.45, 7) is 2.94. The van der Waals surface area contributed by atoms with Gasteiger partial charge in [0.2, 0.25) is 0 Å². The second kappa shape index (κ2) is 6.77. The Morgan fingerprint density at radius 2 is 2.07 bits per heavy atom. The molecule has 1 aromatic carbocycles. The van der Waals surface area contributed by atoms with Gasteiger partial charge in [-0.15, -0.1) is 4.40 Å². The summed E-state index contributed by atoms with van der Waals surface area (Å²) in [7, 11) is -3.72. The first kappa shape index (κ1) is 17.7. The smallest absolute Gasteiger partial charge is 0.286 e. The molecule has 1 atom stereocenters. The van der Waals surface area contributed by atoms with Crippen LogP contribution < -0.4 is 5.32 Å². The van der Waals surface area contributed by atoms with E-state index >= 15 is 0 Å². The van der Waals surface area contributed by atoms with Crippen molar-refractivity contribution in [1.29, 1.82) is 0 Å². The molecule has 1 saturated heterocycles. The number of aryl methyl sites for hydroxylation is 1. The van der Waals surface area contributed by atoms with E-state index in [2.05, 4.69) is 14.7 Å². The van der Waals surface area contributed by atoms with E-state index in [1.165, 1.54) is 0 Å². The molecule has 7 nitrogen and oxygen atoms in total. The fourth-order valence-electron chi connectivity index (χ4n) is 3.58. The van der Waals surface area contributed by atoms with Gasteiger partial charge >= 0.3 is 0 Å². The number of hydrogen-bond acceptors (Lipinski definition) is 5. The summed E-state index contributed by atoms with van der Waals surface area (Å²) >= 11 is 0. The van der Waals surface area contributed by atoms with Gasteiger partial charge in [0.1, 0.15) is 10.7 Å². The average molecular weight is 384 g/mol. The molecule has 0 saturated carbocycles. The molecular formula is C19H20N4O3S. The highest BCUT2D eigenvalue weighted by Crippen LogP contribution is 2.30. The number of anilines is 1. The Labute approximate surface area is 158 Å². The van der Waals surface area contributed by atoms with Gasteiger partial charge in [-0.1, -0.05) is 12.1 Å². The fraction of sp³-hybridized carbons (Fsp3) is 0.316. The van der Waals surface area contributed by atoms with Crippen molar-refractivity contribution in [2.24, 2.45) is 10.3 Å². The number of amides is 1.